The van der Waals surface area contributed by atoms with E-state index >= 15 is 0 Å². The van der Waals surface area contributed by atoms with Crippen LogP contribution in [0.4, 0.5) is 0 Å². The van der Waals surface area contributed by atoms with Crippen molar-refractivity contribution in [2.24, 2.45) is 0 Å². The molecule has 1 aromatic carbocycles. The normalized spacial score (nSPS) is 21.4. The van der Waals surface area contributed by atoms with Crippen molar-refractivity contribution < 1.29 is 0 Å². The summed E-state index contributed by atoms with van der Waals surface area (Å²) in [5.41, 5.74) is 9.29. The van der Waals surface area contributed by atoms with Gasteiger partial charge < -0.3 is 4.57 Å². The van der Waals surface area contributed by atoms with Crippen LogP contribution in [0.2, 0.25) is 0 Å². The third kappa shape index (κ3) is 5.37. The predicted octanol–water partition coefficient (Wildman–Crippen LogP) is 9.07. The average Bonchev–Trinajstić information content (AvgIpc) is 3.24. The standard InChI is InChI=1S/C34H39N.C2H6/c1-8-14-27(15-9-2)35-32(11-4)28(10-3)30-22-26(18-19-33(30)35)34(7)21-20-25(6)31(23-34)29-17-13-12-16-24(29)5;1-2/h8-11,14-20,22-23H,1,12-13,21H2,2-7H3;1-2H3/b15-9-,27-14+,28-10-,32-11+;. The minimum atomic E-state index is -0.0477. The maximum atomic E-state index is 3.95. The minimum absolute atomic E-state index is 0.0477. The van der Waals surface area contributed by atoms with Crippen molar-refractivity contribution in [3.8, 4) is 0 Å². The molecule has 0 fully saturated rings. The second-order valence-electron chi connectivity index (χ2n) is 9.92. The molecule has 1 heterocycles. The Kier molecular flexibility index (Phi) is 9.38. The van der Waals surface area contributed by atoms with Gasteiger partial charge in [-0.15, -0.1) is 0 Å². The summed E-state index contributed by atoms with van der Waals surface area (Å²) in [5, 5.41) is 3.81. The highest BCUT2D eigenvalue weighted by atomic mass is 15.0. The SMILES string of the molecule is C=C/C=C(\C=C/C)n1c(=C/C)/c(=C\C)c2cc(C3(C)C=C(C4=CCCC=C4C)C(C)=CC3)ccc21.CC. The monoisotopic (exact) mass is 491 g/mol. The molecule has 2 aromatic rings. The lowest BCUT2D eigenvalue weighted by atomic mass is 9.71. The van der Waals surface area contributed by atoms with Crippen molar-refractivity contribution in [3.63, 3.8) is 0 Å². The Morgan fingerprint density at radius 3 is 2.27 bits per heavy atom. The number of hydrogen-bond acceptors (Lipinski definition) is 0. The number of rotatable bonds is 5. The topological polar surface area (TPSA) is 4.93 Å². The highest BCUT2D eigenvalue weighted by Crippen LogP contribution is 2.41. The molecule has 1 unspecified atom stereocenters. The summed E-state index contributed by atoms with van der Waals surface area (Å²) in [6, 6.07) is 7.06. The first-order valence-electron chi connectivity index (χ1n) is 13.9. The van der Waals surface area contributed by atoms with Crippen LogP contribution in [0.25, 0.3) is 28.8 Å². The van der Waals surface area contributed by atoms with E-state index in [4.69, 9.17) is 0 Å². The second-order valence-corrected chi connectivity index (χ2v) is 9.92. The molecule has 0 bridgehead atoms. The van der Waals surface area contributed by atoms with Crippen LogP contribution in [0.3, 0.4) is 0 Å². The fraction of sp³-hybridized carbons (Fsp3) is 0.333. The van der Waals surface area contributed by atoms with Crippen LogP contribution in [0, 0.1) is 0 Å². The van der Waals surface area contributed by atoms with Crippen LogP contribution in [0.1, 0.15) is 80.2 Å². The molecule has 0 radical (unpaired) electrons. The lowest BCUT2D eigenvalue weighted by Crippen LogP contribution is -2.28. The van der Waals surface area contributed by atoms with E-state index in [0.717, 1.165) is 25.0 Å². The number of allylic oxidation sites excluding steroid dienone is 13. The first kappa shape index (κ1) is 28.3. The molecule has 0 N–H and O–H groups in total. The molecular weight excluding hydrogens is 446 g/mol. The number of benzene rings is 1. The van der Waals surface area contributed by atoms with E-state index in [1.807, 2.05) is 19.9 Å². The summed E-state index contributed by atoms with van der Waals surface area (Å²) < 4.78 is 2.35. The van der Waals surface area contributed by atoms with Gasteiger partial charge in [0, 0.05) is 27.1 Å². The van der Waals surface area contributed by atoms with E-state index < -0.39 is 0 Å². The van der Waals surface area contributed by atoms with Gasteiger partial charge in [0.05, 0.1) is 5.52 Å². The van der Waals surface area contributed by atoms with Crippen LogP contribution in [-0.2, 0) is 5.41 Å². The van der Waals surface area contributed by atoms with E-state index in [1.54, 1.807) is 0 Å². The first-order chi connectivity index (χ1) is 17.9. The maximum Gasteiger partial charge on any atom is 0.0541 e. The zero-order valence-corrected chi connectivity index (χ0v) is 24.3. The van der Waals surface area contributed by atoms with Crippen molar-refractivity contribution in [1.82, 2.24) is 4.57 Å². The van der Waals surface area contributed by atoms with Gasteiger partial charge in [-0.25, -0.2) is 0 Å². The van der Waals surface area contributed by atoms with Crippen LogP contribution < -0.4 is 10.6 Å². The average molecular weight is 492 g/mol. The first-order valence-corrected chi connectivity index (χ1v) is 13.9. The zero-order chi connectivity index (χ0) is 27.2. The van der Waals surface area contributed by atoms with E-state index in [2.05, 4.69) is 126 Å². The van der Waals surface area contributed by atoms with Gasteiger partial charge in [-0.3, -0.25) is 0 Å². The molecule has 0 spiro atoms. The Morgan fingerprint density at radius 1 is 0.946 bits per heavy atom. The van der Waals surface area contributed by atoms with Crippen molar-refractivity contribution in [2.75, 3.05) is 0 Å². The van der Waals surface area contributed by atoms with Crippen molar-refractivity contribution >= 4 is 28.8 Å². The molecule has 1 aromatic heterocycles. The lowest BCUT2D eigenvalue weighted by Gasteiger charge is -2.32. The Labute approximate surface area is 225 Å². The van der Waals surface area contributed by atoms with Crippen molar-refractivity contribution in [1.29, 1.82) is 0 Å². The molecule has 0 amide bonds. The second kappa shape index (κ2) is 12.3. The summed E-state index contributed by atoms with van der Waals surface area (Å²) in [5.74, 6) is 0. The Bertz CT molecular complexity index is 1470. The van der Waals surface area contributed by atoms with E-state index in [9.17, 15) is 0 Å². The van der Waals surface area contributed by atoms with Gasteiger partial charge in [0.1, 0.15) is 0 Å². The fourth-order valence-corrected chi connectivity index (χ4v) is 5.63. The van der Waals surface area contributed by atoms with Gasteiger partial charge in [-0.05, 0) is 106 Å². The summed E-state index contributed by atoms with van der Waals surface area (Å²) in [6.07, 6.45) is 25.7. The zero-order valence-electron chi connectivity index (χ0n) is 24.3. The van der Waals surface area contributed by atoms with Crippen LogP contribution in [0.5, 0.6) is 0 Å². The largest absolute Gasteiger partial charge is 0.310 e. The third-order valence-electron chi connectivity index (χ3n) is 7.55. The van der Waals surface area contributed by atoms with Gasteiger partial charge in [-0.2, -0.15) is 0 Å². The molecule has 2 aliphatic rings. The van der Waals surface area contributed by atoms with Gasteiger partial charge in [0.15, 0.2) is 0 Å². The molecule has 1 atom stereocenters. The van der Waals surface area contributed by atoms with Gasteiger partial charge in [-0.1, -0.05) is 82.0 Å². The van der Waals surface area contributed by atoms with Gasteiger partial charge in [0.25, 0.3) is 0 Å². The Balaban J connectivity index is 0.00000186. The summed E-state index contributed by atoms with van der Waals surface area (Å²) in [4.78, 5) is 0. The third-order valence-corrected chi connectivity index (χ3v) is 7.55. The van der Waals surface area contributed by atoms with Crippen LogP contribution in [-0.4, -0.2) is 4.57 Å². The molecule has 4 rings (SSSR count). The molecule has 0 saturated carbocycles. The number of aromatic nitrogens is 1. The van der Waals surface area contributed by atoms with E-state index in [-0.39, 0.29) is 5.41 Å². The molecule has 1 nitrogen and oxygen atoms in total. The van der Waals surface area contributed by atoms with Crippen molar-refractivity contribution in [2.45, 2.75) is 80.1 Å². The number of nitrogens with zero attached hydrogens (tertiary/aromatic N) is 1. The molecule has 37 heavy (non-hydrogen) atoms. The van der Waals surface area contributed by atoms with Crippen molar-refractivity contribution in [3.05, 3.63) is 112 Å². The molecule has 1 heteroatoms. The minimum Gasteiger partial charge on any atom is -0.310 e. The molecular formula is C36H45N. The van der Waals surface area contributed by atoms with Crippen LogP contribution >= 0.6 is 0 Å². The molecule has 2 aliphatic carbocycles. The highest BCUT2D eigenvalue weighted by Gasteiger charge is 2.29. The van der Waals surface area contributed by atoms with E-state index in [0.29, 0.717) is 0 Å². The highest BCUT2D eigenvalue weighted by molar-refractivity contribution is 5.87. The lowest BCUT2D eigenvalue weighted by molar-refractivity contribution is 0.592. The van der Waals surface area contributed by atoms with E-state index in [1.165, 1.54) is 49.3 Å². The van der Waals surface area contributed by atoms with Gasteiger partial charge >= 0.3 is 0 Å². The van der Waals surface area contributed by atoms with Crippen LogP contribution in [0.15, 0.2) is 95.7 Å². The molecule has 0 saturated heterocycles. The Hall–Kier alpha value is -3.32. The number of hydrogen-bond donors (Lipinski definition) is 0. The molecule has 0 aliphatic heterocycles. The smallest absolute Gasteiger partial charge is 0.0541 e. The summed E-state index contributed by atoms with van der Waals surface area (Å²) in [7, 11) is 0. The predicted molar refractivity (Wildman–Crippen MR) is 167 cm³/mol. The number of fused-ring (bicyclic) bond motifs is 1. The quantitative estimate of drug-likeness (QED) is 0.368. The molecule has 194 valence electrons. The van der Waals surface area contributed by atoms with Gasteiger partial charge in [0.2, 0.25) is 0 Å². The summed E-state index contributed by atoms with van der Waals surface area (Å²) in [6.45, 7) is 21.2. The summed E-state index contributed by atoms with van der Waals surface area (Å²) >= 11 is 0. The fourth-order valence-electron chi connectivity index (χ4n) is 5.63. The Morgan fingerprint density at radius 2 is 1.65 bits per heavy atom. The maximum absolute atomic E-state index is 3.95.